The molecule has 1 saturated carbocycles. The van der Waals surface area contributed by atoms with Crippen molar-refractivity contribution in [3.8, 4) is 0 Å². The van der Waals surface area contributed by atoms with Gasteiger partial charge in [0.15, 0.2) is 0 Å². The summed E-state index contributed by atoms with van der Waals surface area (Å²) in [6, 6.07) is 0.176. The van der Waals surface area contributed by atoms with Crippen molar-refractivity contribution in [2.24, 2.45) is 17.6 Å². The van der Waals surface area contributed by atoms with Gasteiger partial charge in [-0.15, -0.1) is 0 Å². The molecule has 1 fully saturated rings. The first kappa shape index (κ1) is 12.5. The van der Waals surface area contributed by atoms with Crippen LogP contribution in [0.5, 0.6) is 0 Å². The van der Waals surface area contributed by atoms with Crippen LogP contribution >= 0.6 is 0 Å². The minimum atomic E-state index is 0.159. The topological polar surface area (TPSA) is 55.1 Å². The summed E-state index contributed by atoms with van der Waals surface area (Å²) < 4.78 is 0. The van der Waals surface area contributed by atoms with Crippen LogP contribution in [0.3, 0.4) is 0 Å². The molecule has 3 nitrogen and oxygen atoms in total. The van der Waals surface area contributed by atoms with Gasteiger partial charge in [0.25, 0.3) is 0 Å². The van der Waals surface area contributed by atoms with Gasteiger partial charge in [-0.25, -0.2) is 0 Å². The van der Waals surface area contributed by atoms with Crippen LogP contribution in [0.4, 0.5) is 0 Å². The number of nitrogens with one attached hydrogen (secondary N) is 1. The van der Waals surface area contributed by atoms with Gasteiger partial charge in [0.05, 0.1) is 0 Å². The van der Waals surface area contributed by atoms with Crippen molar-refractivity contribution in [1.82, 2.24) is 5.32 Å². The lowest BCUT2D eigenvalue weighted by atomic mass is 10.0. The highest BCUT2D eigenvalue weighted by molar-refractivity contribution is 5.76. The van der Waals surface area contributed by atoms with E-state index in [-0.39, 0.29) is 11.9 Å². The van der Waals surface area contributed by atoms with Gasteiger partial charge in [-0.3, -0.25) is 4.79 Å². The fourth-order valence-electron chi connectivity index (χ4n) is 1.91. The third-order valence-electron chi connectivity index (χ3n) is 3.08. The van der Waals surface area contributed by atoms with Crippen LogP contribution in [0, 0.1) is 11.8 Å². The van der Waals surface area contributed by atoms with E-state index in [0.717, 1.165) is 12.8 Å². The fraction of sp³-hybridized carbons (Fsp3) is 0.917. The molecule has 1 aliphatic rings. The summed E-state index contributed by atoms with van der Waals surface area (Å²) in [5.74, 6) is 1.32. The summed E-state index contributed by atoms with van der Waals surface area (Å²) >= 11 is 0. The molecule has 0 heterocycles. The average Bonchev–Trinajstić information content (AvgIpc) is 2.97. The van der Waals surface area contributed by atoms with Gasteiger partial charge >= 0.3 is 0 Å². The van der Waals surface area contributed by atoms with E-state index < -0.39 is 0 Å². The predicted molar refractivity (Wildman–Crippen MR) is 62.4 cm³/mol. The van der Waals surface area contributed by atoms with Gasteiger partial charge in [-0.1, -0.05) is 26.7 Å². The zero-order valence-electron chi connectivity index (χ0n) is 9.96. The first-order valence-electron chi connectivity index (χ1n) is 6.15. The second-order valence-corrected chi connectivity index (χ2v) is 4.90. The van der Waals surface area contributed by atoms with Crippen LogP contribution in [0.1, 0.15) is 46.0 Å². The summed E-state index contributed by atoms with van der Waals surface area (Å²) in [6.07, 6.45) is 5.40. The molecule has 88 valence electrons. The highest BCUT2D eigenvalue weighted by Crippen LogP contribution is 2.31. The molecule has 0 aromatic heterocycles. The maximum Gasteiger partial charge on any atom is 0.220 e. The summed E-state index contributed by atoms with van der Waals surface area (Å²) in [5, 5.41) is 2.93. The second kappa shape index (κ2) is 6.11. The van der Waals surface area contributed by atoms with Gasteiger partial charge < -0.3 is 11.1 Å². The second-order valence-electron chi connectivity index (χ2n) is 4.90. The first-order valence-corrected chi connectivity index (χ1v) is 6.15. The van der Waals surface area contributed by atoms with E-state index in [1.54, 1.807) is 0 Å². The Balaban J connectivity index is 2.06. The standard InChI is InChI=1S/C12H24N2O/c1-3-4-9(2)7-12(15)14-8-11(13)10-5-6-10/h9-11H,3-8,13H2,1-2H3,(H,14,15). The monoisotopic (exact) mass is 212 g/mol. The van der Waals surface area contributed by atoms with Crippen LogP contribution in [-0.2, 0) is 4.79 Å². The molecule has 0 aromatic carbocycles. The van der Waals surface area contributed by atoms with Crippen LogP contribution in [0.15, 0.2) is 0 Å². The summed E-state index contributed by atoms with van der Waals surface area (Å²) in [5.41, 5.74) is 5.90. The lowest BCUT2D eigenvalue weighted by Crippen LogP contribution is -2.38. The molecule has 1 aliphatic carbocycles. The van der Waals surface area contributed by atoms with Crippen molar-refractivity contribution in [1.29, 1.82) is 0 Å². The minimum absolute atomic E-state index is 0.159. The van der Waals surface area contributed by atoms with E-state index in [1.807, 2.05) is 0 Å². The quantitative estimate of drug-likeness (QED) is 0.674. The molecule has 0 aliphatic heterocycles. The van der Waals surface area contributed by atoms with Crippen molar-refractivity contribution >= 4 is 5.91 Å². The molecule has 3 N–H and O–H groups in total. The molecule has 15 heavy (non-hydrogen) atoms. The maximum atomic E-state index is 11.5. The number of amides is 1. The van der Waals surface area contributed by atoms with Crippen molar-refractivity contribution in [3.63, 3.8) is 0 Å². The Morgan fingerprint density at radius 2 is 2.20 bits per heavy atom. The summed E-state index contributed by atoms with van der Waals surface area (Å²) in [4.78, 5) is 11.5. The highest BCUT2D eigenvalue weighted by atomic mass is 16.1. The molecule has 0 bridgehead atoms. The van der Waals surface area contributed by atoms with E-state index >= 15 is 0 Å². The summed E-state index contributed by atoms with van der Waals surface area (Å²) in [7, 11) is 0. The molecule has 0 aromatic rings. The van der Waals surface area contributed by atoms with E-state index in [2.05, 4.69) is 19.2 Å². The normalized spacial score (nSPS) is 19.7. The lowest BCUT2D eigenvalue weighted by molar-refractivity contribution is -0.122. The molecule has 2 unspecified atom stereocenters. The summed E-state index contributed by atoms with van der Waals surface area (Å²) in [6.45, 7) is 4.93. The average molecular weight is 212 g/mol. The zero-order chi connectivity index (χ0) is 11.3. The number of carbonyl (C=O) groups excluding carboxylic acids is 1. The Hall–Kier alpha value is -0.570. The zero-order valence-corrected chi connectivity index (χ0v) is 9.96. The molecule has 0 spiro atoms. The molecule has 1 rings (SSSR count). The van der Waals surface area contributed by atoms with Gasteiger partial charge in [-0.05, 0) is 24.7 Å². The third kappa shape index (κ3) is 5.17. The van der Waals surface area contributed by atoms with Crippen molar-refractivity contribution < 1.29 is 4.79 Å². The fourth-order valence-corrected chi connectivity index (χ4v) is 1.91. The number of hydrogen-bond donors (Lipinski definition) is 2. The van der Waals surface area contributed by atoms with Crippen molar-refractivity contribution in [2.75, 3.05) is 6.54 Å². The van der Waals surface area contributed by atoms with Gasteiger partial charge in [-0.2, -0.15) is 0 Å². The molecular weight excluding hydrogens is 188 g/mol. The first-order chi connectivity index (χ1) is 7.13. The third-order valence-corrected chi connectivity index (χ3v) is 3.08. The molecule has 0 saturated heterocycles. The molecular formula is C12H24N2O. The largest absolute Gasteiger partial charge is 0.355 e. The van der Waals surface area contributed by atoms with Gasteiger partial charge in [0, 0.05) is 19.0 Å². The van der Waals surface area contributed by atoms with Crippen LogP contribution in [-0.4, -0.2) is 18.5 Å². The highest BCUT2D eigenvalue weighted by Gasteiger charge is 2.28. The molecule has 2 atom stereocenters. The van der Waals surface area contributed by atoms with E-state index in [4.69, 9.17) is 5.73 Å². The number of nitrogens with two attached hydrogens (primary N) is 1. The SMILES string of the molecule is CCCC(C)CC(=O)NCC(N)C1CC1. The Morgan fingerprint density at radius 1 is 1.53 bits per heavy atom. The van der Waals surface area contributed by atoms with Crippen LogP contribution in [0.2, 0.25) is 0 Å². The molecule has 1 amide bonds. The Kier molecular flexibility index (Phi) is 5.09. The van der Waals surface area contributed by atoms with Crippen molar-refractivity contribution in [2.45, 2.75) is 52.0 Å². The van der Waals surface area contributed by atoms with Crippen LogP contribution < -0.4 is 11.1 Å². The predicted octanol–water partition coefficient (Wildman–Crippen LogP) is 1.67. The number of hydrogen-bond acceptors (Lipinski definition) is 2. The number of rotatable bonds is 7. The van der Waals surface area contributed by atoms with E-state index in [9.17, 15) is 4.79 Å². The van der Waals surface area contributed by atoms with E-state index in [0.29, 0.717) is 24.8 Å². The molecule has 0 radical (unpaired) electrons. The molecule has 3 heteroatoms. The van der Waals surface area contributed by atoms with Crippen LogP contribution in [0.25, 0.3) is 0 Å². The van der Waals surface area contributed by atoms with Crippen molar-refractivity contribution in [3.05, 3.63) is 0 Å². The Bertz CT molecular complexity index is 202. The van der Waals surface area contributed by atoms with Gasteiger partial charge in [0.2, 0.25) is 5.91 Å². The maximum absolute atomic E-state index is 11.5. The Labute approximate surface area is 92.8 Å². The minimum Gasteiger partial charge on any atom is -0.355 e. The van der Waals surface area contributed by atoms with Gasteiger partial charge in [0.1, 0.15) is 0 Å². The number of carbonyl (C=O) groups is 1. The smallest absolute Gasteiger partial charge is 0.220 e. The lowest BCUT2D eigenvalue weighted by Gasteiger charge is -2.13. The van der Waals surface area contributed by atoms with E-state index in [1.165, 1.54) is 12.8 Å². The Morgan fingerprint density at radius 3 is 2.73 bits per heavy atom.